The highest BCUT2D eigenvalue weighted by Crippen LogP contribution is 2.29. The monoisotopic (exact) mass is 427 g/mol. The van der Waals surface area contributed by atoms with Crippen molar-refractivity contribution in [3.63, 3.8) is 0 Å². The third-order valence-electron chi connectivity index (χ3n) is 6.02. The number of nitrogens with one attached hydrogen (secondary N) is 1. The second kappa shape index (κ2) is 8.88. The zero-order valence-corrected chi connectivity index (χ0v) is 18.2. The summed E-state index contributed by atoms with van der Waals surface area (Å²) in [6.07, 6.45) is 4.08. The van der Waals surface area contributed by atoms with Crippen molar-refractivity contribution in [2.75, 3.05) is 24.5 Å². The Bertz CT molecular complexity index is 1030. The molecule has 2 heterocycles. The molecular weight excluding hydrogens is 398 g/mol. The third kappa shape index (κ3) is 4.58. The number of likely N-dealkylation sites (tertiary alicyclic amines) is 1. The first-order valence-corrected chi connectivity index (χ1v) is 12.1. The van der Waals surface area contributed by atoms with E-state index in [0.29, 0.717) is 6.54 Å². The number of benzene rings is 2. The number of carbonyl (C=O) groups excluding carboxylic acids is 1. The molecule has 4 rings (SSSR count). The molecule has 0 unspecified atom stereocenters. The van der Waals surface area contributed by atoms with Crippen molar-refractivity contribution < 1.29 is 13.2 Å². The van der Waals surface area contributed by atoms with Crippen molar-refractivity contribution in [2.24, 2.45) is 0 Å². The van der Waals surface area contributed by atoms with Crippen LogP contribution in [0.3, 0.4) is 0 Å². The molecule has 0 atom stereocenters. The molecule has 2 aromatic carbocycles. The van der Waals surface area contributed by atoms with Gasteiger partial charge >= 0.3 is 0 Å². The molecule has 1 amide bonds. The molecule has 6 nitrogen and oxygen atoms in total. The number of sulfonamides is 1. The molecule has 0 saturated carbocycles. The quantitative estimate of drug-likeness (QED) is 0.769. The second-order valence-electron chi connectivity index (χ2n) is 8.14. The Labute approximate surface area is 178 Å². The SMILES string of the molecule is CC(=O)N1CCCc2cc(S(=O)(=O)NCc3ccccc3CN3CCCC3)ccc21. The normalized spacial score (nSPS) is 17.2. The average molecular weight is 428 g/mol. The van der Waals surface area contributed by atoms with Gasteiger partial charge in [-0.2, -0.15) is 0 Å². The minimum absolute atomic E-state index is 0.0145. The first kappa shape index (κ1) is 21.0. The highest BCUT2D eigenvalue weighted by molar-refractivity contribution is 7.89. The van der Waals surface area contributed by atoms with Crippen LogP contribution in [0.1, 0.15) is 42.9 Å². The lowest BCUT2D eigenvalue weighted by molar-refractivity contribution is -0.116. The zero-order valence-electron chi connectivity index (χ0n) is 17.4. The van der Waals surface area contributed by atoms with Crippen LogP contribution in [0.5, 0.6) is 0 Å². The van der Waals surface area contributed by atoms with Crippen LogP contribution in [0.2, 0.25) is 0 Å². The van der Waals surface area contributed by atoms with Crippen LogP contribution in [0.25, 0.3) is 0 Å². The largest absolute Gasteiger partial charge is 0.312 e. The lowest BCUT2D eigenvalue weighted by Crippen LogP contribution is -2.33. The van der Waals surface area contributed by atoms with Crippen LogP contribution in [0.4, 0.5) is 5.69 Å². The molecule has 1 fully saturated rings. The topological polar surface area (TPSA) is 69.7 Å². The molecule has 2 aromatic rings. The first-order valence-electron chi connectivity index (χ1n) is 10.6. The van der Waals surface area contributed by atoms with Crippen molar-refractivity contribution >= 4 is 21.6 Å². The number of fused-ring (bicyclic) bond motifs is 1. The van der Waals surface area contributed by atoms with E-state index >= 15 is 0 Å². The van der Waals surface area contributed by atoms with Crippen molar-refractivity contribution in [3.05, 3.63) is 59.2 Å². The van der Waals surface area contributed by atoms with Crippen LogP contribution in [0.15, 0.2) is 47.4 Å². The van der Waals surface area contributed by atoms with Crippen LogP contribution < -0.4 is 9.62 Å². The Hall–Kier alpha value is -2.22. The standard InChI is InChI=1S/C23H29N3O3S/c1-18(27)26-14-6-9-19-15-22(10-11-23(19)26)30(28,29)24-16-20-7-2-3-8-21(20)17-25-12-4-5-13-25/h2-3,7-8,10-11,15,24H,4-6,9,12-14,16-17H2,1H3. The summed E-state index contributed by atoms with van der Waals surface area (Å²) in [5, 5.41) is 0. The van der Waals surface area contributed by atoms with Gasteiger partial charge in [0, 0.05) is 32.2 Å². The lowest BCUT2D eigenvalue weighted by atomic mass is 10.0. The van der Waals surface area contributed by atoms with E-state index in [2.05, 4.69) is 15.7 Å². The van der Waals surface area contributed by atoms with Crippen LogP contribution in [-0.2, 0) is 34.3 Å². The molecule has 0 aliphatic carbocycles. The summed E-state index contributed by atoms with van der Waals surface area (Å²) in [5.41, 5.74) is 3.91. The van der Waals surface area contributed by atoms with Gasteiger partial charge in [0.05, 0.1) is 4.90 Å². The van der Waals surface area contributed by atoms with E-state index in [0.717, 1.165) is 49.3 Å². The number of anilines is 1. The molecule has 1 N–H and O–H groups in total. The number of hydrogen-bond donors (Lipinski definition) is 1. The van der Waals surface area contributed by atoms with Gasteiger partial charge in [-0.05, 0) is 73.7 Å². The summed E-state index contributed by atoms with van der Waals surface area (Å²) in [5.74, 6) is -0.0145. The molecule has 7 heteroatoms. The van der Waals surface area contributed by atoms with E-state index in [4.69, 9.17) is 0 Å². The first-order chi connectivity index (χ1) is 14.4. The number of aryl methyl sites for hydroxylation is 1. The van der Waals surface area contributed by atoms with Crippen molar-refractivity contribution in [1.82, 2.24) is 9.62 Å². The summed E-state index contributed by atoms with van der Waals surface area (Å²) in [6.45, 7) is 5.56. The molecule has 0 bridgehead atoms. The van der Waals surface area contributed by atoms with Gasteiger partial charge in [0.15, 0.2) is 0 Å². The van der Waals surface area contributed by atoms with Gasteiger partial charge in [-0.3, -0.25) is 9.69 Å². The summed E-state index contributed by atoms with van der Waals surface area (Å²) in [7, 11) is -3.64. The van der Waals surface area contributed by atoms with Crippen molar-refractivity contribution in [2.45, 2.75) is 50.6 Å². The molecule has 0 aromatic heterocycles. The summed E-state index contributed by atoms with van der Waals surface area (Å²) >= 11 is 0. The molecule has 0 spiro atoms. The van der Waals surface area contributed by atoms with Crippen LogP contribution in [-0.4, -0.2) is 38.9 Å². The van der Waals surface area contributed by atoms with Gasteiger partial charge in [0.2, 0.25) is 15.9 Å². The maximum absolute atomic E-state index is 13.0. The molecule has 160 valence electrons. The molecule has 2 aliphatic heterocycles. The maximum Gasteiger partial charge on any atom is 0.240 e. The minimum Gasteiger partial charge on any atom is -0.312 e. The average Bonchev–Trinajstić information content (AvgIpc) is 3.25. The smallest absolute Gasteiger partial charge is 0.240 e. The Morgan fingerprint density at radius 2 is 1.73 bits per heavy atom. The minimum atomic E-state index is -3.64. The second-order valence-corrected chi connectivity index (χ2v) is 9.91. The van der Waals surface area contributed by atoms with Crippen LogP contribution >= 0.6 is 0 Å². The van der Waals surface area contributed by atoms with E-state index in [9.17, 15) is 13.2 Å². The van der Waals surface area contributed by atoms with E-state index in [-0.39, 0.29) is 17.3 Å². The fourth-order valence-corrected chi connectivity index (χ4v) is 5.45. The van der Waals surface area contributed by atoms with Gasteiger partial charge in [-0.15, -0.1) is 0 Å². The molecule has 0 radical (unpaired) electrons. The predicted molar refractivity (Wildman–Crippen MR) is 118 cm³/mol. The van der Waals surface area contributed by atoms with E-state index < -0.39 is 10.0 Å². The summed E-state index contributed by atoms with van der Waals surface area (Å²) < 4.78 is 28.7. The number of nitrogens with zero attached hydrogens (tertiary/aromatic N) is 2. The summed E-state index contributed by atoms with van der Waals surface area (Å²) in [4.78, 5) is 16.2. The Morgan fingerprint density at radius 1 is 1.00 bits per heavy atom. The Kier molecular flexibility index (Phi) is 6.22. The summed E-state index contributed by atoms with van der Waals surface area (Å²) in [6, 6.07) is 13.1. The molecule has 2 aliphatic rings. The van der Waals surface area contributed by atoms with Gasteiger partial charge in [0.25, 0.3) is 0 Å². The number of amides is 1. The zero-order chi connectivity index (χ0) is 21.1. The highest BCUT2D eigenvalue weighted by atomic mass is 32.2. The Balaban J connectivity index is 1.50. The number of hydrogen-bond acceptors (Lipinski definition) is 4. The Morgan fingerprint density at radius 3 is 2.47 bits per heavy atom. The number of rotatable bonds is 6. The van der Waals surface area contributed by atoms with Gasteiger partial charge in [-0.1, -0.05) is 24.3 Å². The predicted octanol–water partition coefficient (Wildman–Crippen LogP) is 3.06. The number of carbonyl (C=O) groups is 1. The van der Waals surface area contributed by atoms with Gasteiger partial charge < -0.3 is 4.90 Å². The van der Waals surface area contributed by atoms with Crippen LogP contribution in [0, 0.1) is 0 Å². The maximum atomic E-state index is 13.0. The van der Waals surface area contributed by atoms with Crippen molar-refractivity contribution in [3.8, 4) is 0 Å². The third-order valence-corrected chi connectivity index (χ3v) is 7.42. The van der Waals surface area contributed by atoms with Crippen molar-refractivity contribution in [1.29, 1.82) is 0 Å². The fourth-order valence-electron chi connectivity index (χ4n) is 4.39. The highest BCUT2D eigenvalue weighted by Gasteiger charge is 2.23. The molecule has 1 saturated heterocycles. The van der Waals surface area contributed by atoms with E-state index in [1.54, 1.807) is 30.0 Å². The lowest BCUT2D eigenvalue weighted by Gasteiger charge is -2.28. The van der Waals surface area contributed by atoms with E-state index in [1.165, 1.54) is 18.4 Å². The van der Waals surface area contributed by atoms with E-state index in [1.807, 2.05) is 18.2 Å². The van der Waals surface area contributed by atoms with Gasteiger partial charge in [0.1, 0.15) is 0 Å². The fraction of sp³-hybridized carbons (Fsp3) is 0.435. The molecular formula is C23H29N3O3S. The van der Waals surface area contributed by atoms with Gasteiger partial charge in [-0.25, -0.2) is 13.1 Å². The molecule has 30 heavy (non-hydrogen) atoms.